The van der Waals surface area contributed by atoms with Gasteiger partial charge in [-0.1, -0.05) is 37.6 Å². The Morgan fingerprint density at radius 3 is 2.67 bits per heavy atom. The molecule has 0 saturated heterocycles. The number of hydrogen-bond donors (Lipinski definition) is 1. The Kier molecular flexibility index (Phi) is 5.13. The average molecular weight is 226 g/mol. The summed E-state index contributed by atoms with van der Waals surface area (Å²) in [4.78, 5) is 0. The summed E-state index contributed by atoms with van der Waals surface area (Å²) in [5.41, 5.74) is 2.46. The lowest BCUT2D eigenvalue weighted by molar-refractivity contribution is 0.554. The first-order valence-corrected chi connectivity index (χ1v) is 5.93. The fourth-order valence-corrected chi connectivity index (χ4v) is 1.62. The highest BCUT2D eigenvalue weighted by molar-refractivity contribution is 6.31. The van der Waals surface area contributed by atoms with Crippen LogP contribution in [0.4, 0.5) is 0 Å². The molecule has 0 atom stereocenters. The summed E-state index contributed by atoms with van der Waals surface area (Å²) in [5, 5.41) is 4.30. The fourth-order valence-electron chi connectivity index (χ4n) is 1.42. The van der Waals surface area contributed by atoms with Gasteiger partial charge in [-0.25, -0.2) is 0 Å². The minimum Gasteiger partial charge on any atom is -0.316 e. The van der Waals surface area contributed by atoms with Crippen molar-refractivity contribution in [1.29, 1.82) is 0 Å². The predicted molar refractivity (Wildman–Crippen MR) is 67.6 cm³/mol. The molecule has 0 aliphatic carbocycles. The van der Waals surface area contributed by atoms with E-state index in [4.69, 9.17) is 11.6 Å². The van der Waals surface area contributed by atoms with Crippen LogP contribution in [0.5, 0.6) is 0 Å². The first-order chi connectivity index (χ1) is 7.09. The van der Waals surface area contributed by atoms with Crippen LogP contribution in [0.15, 0.2) is 18.2 Å². The predicted octanol–water partition coefficient (Wildman–Crippen LogP) is 3.44. The van der Waals surface area contributed by atoms with Gasteiger partial charge in [0.2, 0.25) is 0 Å². The highest BCUT2D eigenvalue weighted by Crippen LogP contribution is 2.16. The van der Waals surface area contributed by atoms with Crippen LogP contribution in [0.25, 0.3) is 0 Å². The summed E-state index contributed by atoms with van der Waals surface area (Å²) >= 11 is 6.06. The number of aryl methyl sites for hydroxylation is 1. The maximum atomic E-state index is 6.06. The number of nitrogens with one attached hydrogen (secondary N) is 1. The van der Waals surface area contributed by atoms with Crippen LogP contribution in [0.1, 0.15) is 25.0 Å². The van der Waals surface area contributed by atoms with E-state index >= 15 is 0 Å². The van der Waals surface area contributed by atoms with Crippen molar-refractivity contribution in [2.45, 2.75) is 27.2 Å². The molecule has 0 heterocycles. The molecular weight excluding hydrogens is 206 g/mol. The molecule has 0 amide bonds. The van der Waals surface area contributed by atoms with Crippen LogP contribution < -0.4 is 5.32 Å². The summed E-state index contributed by atoms with van der Waals surface area (Å²) in [6, 6.07) is 6.30. The molecule has 1 aromatic rings. The minimum atomic E-state index is 0.714. The van der Waals surface area contributed by atoms with Crippen LogP contribution >= 0.6 is 11.6 Å². The van der Waals surface area contributed by atoms with Crippen LogP contribution in [0.2, 0.25) is 5.02 Å². The molecule has 0 bridgehead atoms. The Hall–Kier alpha value is -0.530. The Morgan fingerprint density at radius 1 is 1.33 bits per heavy atom. The lowest BCUT2D eigenvalue weighted by atomic mass is 10.1. The monoisotopic (exact) mass is 225 g/mol. The van der Waals surface area contributed by atoms with E-state index < -0.39 is 0 Å². The third-order valence-corrected chi connectivity index (χ3v) is 2.79. The van der Waals surface area contributed by atoms with Gasteiger partial charge in [0.15, 0.2) is 0 Å². The zero-order valence-corrected chi connectivity index (χ0v) is 10.6. The Bertz CT molecular complexity index is 307. The van der Waals surface area contributed by atoms with Crippen molar-refractivity contribution in [3.8, 4) is 0 Å². The second-order valence-electron chi connectivity index (χ2n) is 4.43. The van der Waals surface area contributed by atoms with E-state index in [0.29, 0.717) is 5.92 Å². The lowest BCUT2D eigenvalue weighted by Crippen LogP contribution is -2.22. The zero-order chi connectivity index (χ0) is 11.3. The maximum absolute atomic E-state index is 6.06. The zero-order valence-electron chi connectivity index (χ0n) is 9.81. The van der Waals surface area contributed by atoms with Crippen molar-refractivity contribution >= 4 is 11.6 Å². The van der Waals surface area contributed by atoms with Crippen LogP contribution in [0.3, 0.4) is 0 Å². The topological polar surface area (TPSA) is 12.0 Å². The van der Waals surface area contributed by atoms with E-state index in [0.717, 1.165) is 30.1 Å². The van der Waals surface area contributed by atoms with Gasteiger partial charge >= 0.3 is 0 Å². The van der Waals surface area contributed by atoms with Gasteiger partial charge in [-0.15, -0.1) is 0 Å². The van der Waals surface area contributed by atoms with E-state index in [-0.39, 0.29) is 0 Å². The van der Waals surface area contributed by atoms with Crippen molar-refractivity contribution in [3.63, 3.8) is 0 Å². The van der Waals surface area contributed by atoms with Crippen LogP contribution in [0, 0.1) is 12.8 Å². The molecule has 1 aromatic carbocycles. The highest BCUT2D eigenvalue weighted by atomic mass is 35.5. The van der Waals surface area contributed by atoms with Crippen molar-refractivity contribution in [1.82, 2.24) is 5.32 Å². The van der Waals surface area contributed by atoms with E-state index in [1.165, 1.54) is 5.56 Å². The van der Waals surface area contributed by atoms with Gasteiger partial charge < -0.3 is 5.32 Å². The number of halogens is 1. The Balaban J connectivity index is 2.35. The van der Waals surface area contributed by atoms with Crippen molar-refractivity contribution in [2.24, 2.45) is 5.92 Å². The fraction of sp³-hybridized carbons (Fsp3) is 0.538. The summed E-state index contributed by atoms with van der Waals surface area (Å²) in [6.07, 6.45) is 1.05. The van der Waals surface area contributed by atoms with Crippen LogP contribution in [-0.4, -0.2) is 13.1 Å². The van der Waals surface area contributed by atoms with Gasteiger partial charge in [0.25, 0.3) is 0 Å². The van der Waals surface area contributed by atoms with Gasteiger partial charge in [-0.3, -0.25) is 0 Å². The molecule has 1 N–H and O–H groups in total. The van der Waals surface area contributed by atoms with E-state index in [9.17, 15) is 0 Å². The first-order valence-electron chi connectivity index (χ1n) is 5.55. The smallest absolute Gasteiger partial charge is 0.0437 e. The van der Waals surface area contributed by atoms with E-state index in [1.807, 2.05) is 6.92 Å². The molecule has 0 spiro atoms. The molecule has 0 radical (unpaired) electrons. The van der Waals surface area contributed by atoms with E-state index in [2.05, 4.69) is 37.4 Å². The van der Waals surface area contributed by atoms with Gasteiger partial charge in [-0.2, -0.15) is 0 Å². The SMILES string of the molecule is Cc1ccc(CCNCC(C)C)cc1Cl. The molecule has 1 nitrogen and oxygen atoms in total. The molecule has 0 unspecified atom stereocenters. The van der Waals surface area contributed by atoms with Crippen molar-refractivity contribution < 1.29 is 0 Å². The molecule has 0 fully saturated rings. The molecule has 0 aromatic heterocycles. The van der Waals surface area contributed by atoms with Gasteiger partial charge in [0, 0.05) is 5.02 Å². The minimum absolute atomic E-state index is 0.714. The number of rotatable bonds is 5. The number of benzene rings is 1. The van der Waals surface area contributed by atoms with Gasteiger partial charge in [0.1, 0.15) is 0 Å². The molecule has 15 heavy (non-hydrogen) atoms. The summed E-state index contributed by atoms with van der Waals surface area (Å²) in [6.45, 7) is 8.58. The Morgan fingerprint density at radius 2 is 2.07 bits per heavy atom. The maximum Gasteiger partial charge on any atom is 0.0437 e. The van der Waals surface area contributed by atoms with Crippen molar-refractivity contribution in [3.05, 3.63) is 34.3 Å². The molecular formula is C13H20ClN. The average Bonchev–Trinajstić information content (AvgIpc) is 2.18. The summed E-state index contributed by atoms with van der Waals surface area (Å²) < 4.78 is 0. The molecule has 0 saturated carbocycles. The highest BCUT2D eigenvalue weighted by Gasteiger charge is 1.98. The molecule has 2 heteroatoms. The van der Waals surface area contributed by atoms with Crippen LogP contribution in [-0.2, 0) is 6.42 Å². The lowest BCUT2D eigenvalue weighted by Gasteiger charge is -2.08. The number of hydrogen-bond acceptors (Lipinski definition) is 1. The summed E-state index contributed by atoms with van der Waals surface area (Å²) in [5.74, 6) is 0.714. The van der Waals surface area contributed by atoms with E-state index in [1.54, 1.807) is 0 Å². The molecule has 0 aliphatic heterocycles. The third-order valence-electron chi connectivity index (χ3n) is 2.38. The molecule has 84 valence electrons. The normalized spacial score (nSPS) is 11.0. The molecule has 0 aliphatic rings. The summed E-state index contributed by atoms with van der Waals surface area (Å²) in [7, 11) is 0. The first kappa shape index (κ1) is 12.5. The standard InChI is InChI=1S/C13H20ClN/c1-10(2)9-15-7-6-12-5-4-11(3)13(14)8-12/h4-5,8,10,15H,6-7,9H2,1-3H3. The third kappa shape index (κ3) is 4.67. The van der Waals surface area contributed by atoms with Gasteiger partial charge in [0.05, 0.1) is 0 Å². The largest absolute Gasteiger partial charge is 0.316 e. The quantitative estimate of drug-likeness (QED) is 0.758. The Labute approximate surface area is 97.8 Å². The van der Waals surface area contributed by atoms with Gasteiger partial charge in [-0.05, 0) is 49.5 Å². The second kappa shape index (κ2) is 6.14. The van der Waals surface area contributed by atoms with Crippen molar-refractivity contribution in [2.75, 3.05) is 13.1 Å². The second-order valence-corrected chi connectivity index (χ2v) is 4.84. The molecule has 1 rings (SSSR count).